The van der Waals surface area contributed by atoms with Crippen LogP contribution in [0.25, 0.3) is 16.8 Å². The molecule has 0 atom stereocenters. The van der Waals surface area contributed by atoms with Crippen LogP contribution in [0.5, 0.6) is 0 Å². The summed E-state index contributed by atoms with van der Waals surface area (Å²) in [7, 11) is 0. The largest absolute Gasteiger partial charge is 0.329 e. The summed E-state index contributed by atoms with van der Waals surface area (Å²) in [6.45, 7) is 6.30. The minimum absolute atomic E-state index is 0.0817. The Morgan fingerprint density at radius 1 is 0.944 bits per heavy atom. The van der Waals surface area contributed by atoms with Crippen LogP contribution in [0.3, 0.4) is 0 Å². The van der Waals surface area contributed by atoms with Gasteiger partial charge in [0.25, 0.3) is 5.91 Å². The monoisotopic (exact) mass is 500 g/mol. The molecule has 0 bridgehead atoms. The third-order valence-corrected chi connectivity index (χ3v) is 6.12. The Labute approximate surface area is 216 Å². The average molecular weight is 501 g/mol. The lowest BCUT2D eigenvalue weighted by atomic mass is 10.1. The number of anilines is 1. The zero-order valence-corrected chi connectivity index (χ0v) is 21.4. The number of benzene rings is 3. The van der Waals surface area contributed by atoms with Crippen LogP contribution in [0.1, 0.15) is 35.0 Å². The van der Waals surface area contributed by atoms with E-state index in [1.54, 1.807) is 33.8 Å². The van der Waals surface area contributed by atoms with Crippen molar-refractivity contribution in [3.05, 3.63) is 101 Å². The fraction of sp³-hybridized carbons (Fsp3) is 0.207. The SMILES string of the molecule is CCCN(CC(=O)Nc1c(-c2ccccc2)c(C)nn1-c1ccc(C)cc1)C(=O)c1ccc(Cl)cc1. The molecule has 4 rings (SSSR count). The van der Waals surface area contributed by atoms with Gasteiger partial charge in [-0.15, -0.1) is 0 Å². The molecule has 1 aromatic heterocycles. The number of aromatic nitrogens is 2. The normalized spacial score (nSPS) is 10.8. The molecule has 36 heavy (non-hydrogen) atoms. The van der Waals surface area contributed by atoms with E-state index < -0.39 is 0 Å². The number of amides is 2. The van der Waals surface area contributed by atoms with Gasteiger partial charge in [-0.3, -0.25) is 9.59 Å². The highest BCUT2D eigenvalue weighted by atomic mass is 35.5. The standard InChI is InChI=1S/C29H29ClN4O2/c1-4-18-33(29(36)23-12-14-24(30)15-13-23)19-26(35)31-28-27(22-8-6-5-7-9-22)21(3)32-34(28)25-16-10-20(2)11-17-25/h5-17H,4,18-19H2,1-3H3,(H,31,35). The molecule has 0 fully saturated rings. The number of aryl methyl sites for hydroxylation is 2. The third-order valence-electron chi connectivity index (χ3n) is 5.87. The van der Waals surface area contributed by atoms with E-state index in [0.29, 0.717) is 22.9 Å². The average Bonchev–Trinajstić information content (AvgIpc) is 3.20. The van der Waals surface area contributed by atoms with E-state index in [0.717, 1.165) is 34.5 Å². The number of nitrogens with one attached hydrogen (secondary N) is 1. The summed E-state index contributed by atoms with van der Waals surface area (Å²) < 4.78 is 1.75. The Bertz CT molecular complexity index is 1350. The number of rotatable bonds is 8. The van der Waals surface area contributed by atoms with E-state index in [2.05, 4.69) is 5.32 Å². The molecule has 6 nitrogen and oxygen atoms in total. The highest BCUT2D eigenvalue weighted by Gasteiger charge is 2.23. The summed E-state index contributed by atoms with van der Waals surface area (Å²) in [6.07, 6.45) is 0.724. The minimum Gasteiger partial charge on any atom is -0.329 e. The van der Waals surface area contributed by atoms with Gasteiger partial charge in [-0.25, -0.2) is 4.68 Å². The molecule has 7 heteroatoms. The smallest absolute Gasteiger partial charge is 0.254 e. The Morgan fingerprint density at radius 2 is 1.61 bits per heavy atom. The van der Waals surface area contributed by atoms with E-state index >= 15 is 0 Å². The third kappa shape index (κ3) is 5.66. The summed E-state index contributed by atoms with van der Waals surface area (Å²) in [4.78, 5) is 28.0. The Kier molecular flexibility index (Phi) is 7.86. The highest BCUT2D eigenvalue weighted by molar-refractivity contribution is 6.30. The van der Waals surface area contributed by atoms with E-state index in [4.69, 9.17) is 16.7 Å². The van der Waals surface area contributed by atoms with Crippen LogP contribution in [-0.4, -0.2) is 39.6 Å². The minimum atomic E-state index is -0.295. The van der Waals surface area contributed by atoms with Crippen LogP contribution >= 0.6 is 11.6 Å². The van der Waals surface area contributed by atoms with E-state index in [-0.39, 0.29) is 18.4 Å². The zero-order chi connectivity index (χ0) is 25.7. The molecule has 0 unspecified atom stereocenters. The predicted octanol–water partition coefficient (Wildman–Crippen LogP) is 6.30. The van der Waals surface area contributed by atoms with Gasteiger partial charge in [0.05, 0.1) is 11.4 Å². The van der Waals surface area contributed by atoms with Gasteiger partial charge in [0.2, 0.25) is 5.91 Å². The maximum atomic E-state index is 13.4. The first-order chi connectivity index (χ1) is 17.4. The molecule has 0 saturated heterocycles. The number of nitrogens with zero attached hydrogens (tertiary/aromatic N) is 3. The van der Waals surface area contributed by atoms with Crippen molar-refractivity contribution >= 4 is 29.2 Å². The van der Waals surface area contributed by atoms with Crippen molar-refractivity contribution < 1.29 is 9.59 Å². The molecule has 0 radical (unpaired) electrons. The first kappa shape index (κ1) is 25.2. The van der Waals surface area contributed by atoms with Crippen LogP contribution in [0.2, 0.25) is 5.02 Å². The Morgan fingerprint density at radius 3 is 2.25 bits per heavy atom. The van der Waals surface area contributed by atoms with Crippen LogP contribution in [0.4, 0.5) is 5.82 Å². The molecule has 0 aliphatic heterocycles. The van der Waals surface area contributed by atoms with Crippen LogP contribution < -0.4 is 5.32 Å². The molecule has 184 valence electrons. The first-order valence-corrected chi connectivity index (χ1v) is 12.3. The second-order valence-corrected chi connectivity index (χ2v) is 9.14. The van der Waals surface area contributed by atoms with Gasteiger partial charge in [-0.1, -0.05) is 66.6 Å². The summed E-state index contributed by atoms with van der Waals surface area (Å²) in [6, 6.07) is 24.5. The highest BCUT2D eigenvalue weighted by Crippen LogP contribution is 2.33. The van der Waals surface area contributed by atoms with Gasteiger partial charge >= 0.3 is 0 Å². The van der Waals surface area contributed by atoms with Gasteiger partial charge in [0, 0.05) is 22.7 Å². The fourth-order valence-electron chi connectivity index (χ4n) is 4.11. The fourth-order valence-corrected chi connectivity index (χ4v) is 4.23. The number of carbonyl (C=O) groups excluding carboxylic acids is 2. The molecular formula is C29H29ClN4O2. The van der Waals surface area contributed by atoms with Gasteiger partial charge in [0.1, 0.15) is 12.4 Å². The lowest BCUT2D eigenvalue weighted by Crippen LogP contribution is -2.38. The van der Waals surface area contributed by atoms with Crippen molar-refractivity contribution in [2.24, 2.45) is 0 Å². The van der Waals surface area contributed by atoms with Crippen LogP contribution in [-0.2, 0) is 4.79 Å². The van der Waals surface area contributed by atoms with Crippen LogP contribution in [0, 0.1) is 13.8 Å². The topological polar surface area (TPSA) is 67.2 Å². The van der Waals surface area contributed by atoms with Crippen molar-refractivity contribution in [2.45, 2.75) is 27.2 Å². The molecule has 0 spiro atoms. The van der Waals surface area contributed by atoms with Crippen LogP contribution in [0.15, 0.2) is 78.9 Å². The van der Waals surface area contributed by atoms with Crippen molar-refractivity contribution in [2.75, 3.05) is 18.4 Å². The van der Waals surface area contributed by atoms with E-state index in [1.807, 2.05) is 75.4 Å². The first-order valence-electron chi connectivity index (χ1n) is 11.9. The molecule has 4 aromatic rings. The quantitative estimate of drug-likeness (QED) is 0.308. The predicted molar refractivity (Wildman–Crippen MR) is 145 cm³/mol. The maximum Gasteiger partial charge on any atom is 0.254 e. The van der Waals surface area contributed by atoms with E-state index in [9.17, 15) is 9.59 Å². The van der Waals surface area contributed by atoms with Gasteiger partial charge < -0.3 is 10.2 Å². The van der Waals surface area contributed by atoms with Gasteiger partial charge in [0.15, 0.2) is 0 Å². The molecule has 1 N–H and O–H groups in total. The second kappa shape index (κ2) is 11.2. The summed E-state index contributed by atoms with van der Waals surface area (Å²) in [5, 5.41) is 8.37. The number of hydrogen-bond donors (Lipinski definition) is 1. The van der Waals surface area contributed by atoms with Gasteiger partial charge in [-0.05, 0) is 62.2 Å². The van der Waals surface area contributed by atoms with Crippen molar-refractivity contribution in [1.29, 1.82) is 0 Å². The maximum absolute atomic E-state index is 13.4. The second-order valence-electron chi connectivity index (χ2n) is 8.70. The number of halogens is 1. The summed E-state index contributed by atoms with van der Waals surface area (Å²) in [5.74, 6) is 0.0642. The zero-order valence-electron chi connectivity index (χ0n) is 20.7. The van der Waals surface area contributed by atoms with Crippen molar-refractivity contribution in [3.8, 4) is 16.8 Å². The van der Waals surface area contributed by atoms with Crippen molar-refractivity contribution in [1.82, 2.24) is 14.7 Å². The molecule has 1 heterocycles. The van der Waals surface area contributed by atoms with Crippen molar-refractivity contribution in [3.63, 3.8) is 0 Å². The lowest BCUT2D eigenvalue weighted by molar-refractivity contribution is -0.116. The summed E-state index contributed by atoms with van der Waals surface area (Å²) >= 11 is 5.98. The number of carbonyl (C=O) groups is 2. The Hall–Kier alpha value is -3.90. The van der Waals surface area contributed by atoms with Gasteiger partial charge in [-0.2, -0.15) is 5.10 Å². The molecule has 0 aliphatic carbocycles. The Balaban J connectivity index is 1.67. The lowest BCUT2D eigenvalue weighted by Gasteiger charge is -2.22. The van der Waals surface area contributed by atoms with E-state index in [1.165, 1.54) is 0 Å². The molecule has 3 aromatic carbocycles. The molecular weight excluding hydrogens is 472 g/mol. The summed E-state index contributed by atoms with van der Waals surface area (Å²) in [5.41, 5.74) is 5.05. The molecule has 0 saturated carbocycles. The molecule has 0 aliphatic rings. The number of hydrogen-bond acceptors (Lipinski definition) is 3. The molecule has 2 amide bonds.